The van der Waals surface area contributed by atoms with E-state index in [1.807, 2.05) is 52.0 Å². The van der Waals surface area contributed by atoms with Gasteiger partial charge in [0, 0.05) is 19.7 Å². The monoisotopic (exact) mass is 237 g/mol. The van der Waals surface area contributed by atoms with Crippen LogP contribution in [-0.4, -0.2) is 24.9 Å². The van der Waals surface area contributed by atoms with Crippen molar-refractivity contribution >= 4 is 5.91 Å². The van der Waals surface area contributed by atoms with Crippen LogP contribution < -0.4 is 0 Å². The largest absolute Gasteiger partial charge is 0.345 e. The number of carbonyl (C=O) groups excluding carboxylic acids is 1. The summed E-state index contributed by atoms with van der Waals surface area (Å²) in [5, 5.41) is 0. The Morgan fingerprint density at radius 1 is 1.18 bits per heavy atom. The average molecular weight is 237 g/mol. The fourth-order valence-corrected chi connectivity index (χ4v) is 1.06. The molecule has 0 aliphatic heterocycles. The highest BCUT2D eigenvalue weighted by Gasteiger charge is 2.07. The van der Waals surface area contributed by atoms with Crippen LogP contribution in [0.4, 0.5) is 0 Å². The first-order valence-electron chi connectivity index (χ1n) is 6.22. The molecule has 0 radical (unpaired) electrons. The summed E-state index contributed by atoms with van der Waals surface area (Å²) < 4.78 is 0. The van der Waals surface area contributed by atoms with Crippen LogP contribution in [-0.2, 0) is 4.79 Å². The lowest BCUT2D eigenvalue weighted by Crippen LogP contribution is -2.22. The molecule has 0 aromatic heterocycles. The van der Waals surface area contributed by atoms with Crippen molar-refractivity contribution in [3.8, 4) is 0 Å². The Morgan fingerprint density at radius 2 is 1.71 bits per heavy atom. The molecule has 0 unspecified atom stereocenters. The highest BCUT2D eigenvalue weighted by molar-refractivity contribution is 5.96. The van der Waals surface area contributed by atoms with Gasteiger partial charge in [-0.2, -0.15) is 0 Å². The molecule has 0 aromatic carbocycles. The second-order valence-electron chi connectivity index (χ2n) is 3.88. The molecule has 2 nitrogen and oxygen atoms in total. The number of nitrogens with zero attached hydrogens (tertiary/aromatic N) is 1. The van der Waals surface area contributed by atoms with Gasteiger partial charge in [0.05, 0.1) is 0 Å². The predicted molar refractivity (Wildman–Crippen MR) is 77.0 cm³/mol. The molecule has 1 amide bonds. The first kappa shape index (κ1) is 18.1. The maximum Gasteiger partial charge on any atom is 0.253 e. The van der Waals surface area contributed by atoms with Gasteiger partial charge >= 0.3 is 0 Å². The molecule has 17 heavy (non-hydrogen) atoms. The van der Waals surface area contributed by atoms with Crippen LogP contribution in [0, 0.1) is 0 Å². The lowest BCUT2D eigenvalue weighted by Gasteiger charge is -2.10. The molecule has 0 heterocycles. The molecule has 0 aromatic rings. The minimum absolute atomic E-state index is 0.0388. The second kappa shape index (κ2) is 11.2. The molecule has 0 saturated carbocycles. The molecule has 0 aliphatic carbocycles. The molecule has 98 valence electrons. The highest BCUT2D eigenvalue weighted by atomic mass is 16.2. The van der Waals surface area contributed by atoms with E-state index >= 15 is 0 Å². The molecule has 0 N–H and O–H groups in total. The fourth-order valence-electron chi connectivity index (χ4n) is 1.06. The van der Waals surface area contributed by atoms with Crippen molar-refractivity contribution in [2.24, 2.45) is 0 Å². The van der Waals surface area contributed by atoms with E-state index in [-0.39, 0.29) is 5.91 Å². The third-order valence-corrected chi connectivity index (χ3v) is 1.74. The Labute approximate surface area is 107 Å². The van der Waals surface area contributed by atoms with E-state index in [4.69, 9.17) is 0 Å². The topological polar surface area (TPSA) is 20.3 Å². The van der Waals surface area contributed by atoms with Crippen LogP contribution >= 0.6 is 0 Å². The zero-order chi connectivity index (χ0) is 13.8. The summed E-state index contributed by atoms with van der Waals surface area (Å²) in [6.45, 7) is 10.0. The van der Waals surface area contributed by atoms with E-state index in [9.17, 15) is 4.79 Å². The van der Waals surface area contributed by atoms with Gasteiger partial charge in [0.15, 0.2) is 0 Å². The van der Waals surface area contributed by atoms with Crippen LogP contribution in [0.1, 0.15) is 41.0 Å². The van der Waals surface area contributed by atoms with Gasteiger partial charge in [0.1, 0.15) is 0 Å². The summed E-state index contributed by atoms with van der Waals surface area (Å²) in [5.74, 6) is 0.0388. The number of allylic oxidation sites excluding steroid dienone is 4. The van der Waals surface area contributed by atoms with Crippen molar-refractivity contribution in [1.29, 1.82) is 0 Å². The Balaban J connectivity index is 0. The van der Waals surface area contributed by atoms with Gasteiger partial charge in [0.2, 0.25) is 0 Å². The Hall–Kier alpha value is -1.31. The van der Waals surface area contributed by atoms with E-state index in [1.165, 1.54) is 0 Å². The molecular weight excluding hydrogens is 210 g/mol. The van der Waals surface area contributed by atoms with E-state index in [1.54, 1.807) is 19.0 Å². The summed E-state index contributed by atoms with van der Waals surface area (Å²) >= 11 is 0. The average Bonchev–Trinajstić information content (AvgIpc) is 2.29. The van der Waals surface area contributed by atoms with Gasteiger partial charge in [0.25, 0.3) is 5.91 Å². The van der Waals surface area contributed by atoms with E-state index in [2.05, 4.69) is 6.92 Å². The molecule has 2 heteroatoms. The molecule has 0 rings (SSSR count). The Morgan fingerprint density at radius 3 is 2.06 bits per heavy atom. The third-order valence-electron chi connectivity index (χ3n) is 1.74. The predicted octanol–water partition coefficient (Wildman–Crippen LogP) is 3.96. The molecule has 0 saturated heterocycles. The summed E-state index contributed by atoms with van der Waals surface area (Å²) in [7, 11) is 3.52. The van der Waals surface area contributed by atoms with E-state index < -0.39 is 0 Å². The Kier molecular flexibility index (Phi) is 11.9. The van der Waals surface area contributed by atoms with Gasteiger partial charge in [-0.15, -0.1) is 0 Å². The zero-order valence-corrected chi connectivity index (χ0v) is 12.4. The van der Waals surface area contributed by atoms with Crippen LogP contribution in [0.15, 0.2) is 35.5 Å². The normalized spacial score (nSPS) is 10.6. The van der Waals surface area contributed by atoms with Gasteiger partial charge in [-0.3, -0.25) is 4.79 Å². The van der Waals surface area contributed by atoms with E-state index in [0.717, 1.165) is 17.6 Å². The van der Waals surface area contributed by atoms with Crippen molar-refractivity contribution < 1.29 is 4.79 Å². The first-order valence-corrected chi connectivity index (χ1v) is 6.22. The van der Waals surface area contributed by atoms with Gasteiger partial charge in [-0.05, 0) is 26.3 Å². The highest BCUT2D eigenvalue weighted by Crippen LogP contribution is 2.05. The maximum atomic E-state index is 11.8. The molecule has 0 bridgehead atoms. The molecule has 0 fully saturated rings. The quantitative estimate of drug-likeness (QED) is 0.535. The van der Waals surface area contributed by atoms with Gasteiger partial charge in [-0.1, -0.05) is 44.6 Å². The number of hydrogen-bond donors (Lipinski definition) is 0. The van der Waals surface area contributed by atoms with Crippen LogP contribution in [0.3, 0.4) is 0 Å². The van der Waals surface area contributed by atoms with Crippen LogP contribution in [0.25, 0.3) is 0 Å². The number of hydrogen-bond acceptors (Lipinski definition) is 1. The SMILES string of the molecule is CC.CC/C=C/C=C(\C=C(C)C)C(=O)N(C)C. The second-order valence-corrected chi connectivity index (χ2v) is 3.88. The number of likely N-dealkylation sites (N-methyl/N-ethyl adjacent to an activating group) is 1. The molecule has 0 atom stereocenters. The summed E-state index contributed by atoms with van der Waals surface area (Å²) in [4.78, 5) is 13.3. The van der Waals surface area contributed by atoms with Crippen molar-refractivity contribution in [1.82, 2.24) is 4.90 Å². The number of amides is 1. The van der Waals surface area contributed by atoms with Crippen LogP contribution in [0.5, 0.6) is 0 Å². The van der Waals surface area contributed by atoms with Crippen molar-refractivity contribution in [2.75, 3.05) is 14.1 Å². The van der Waals surface area contributed by atoms with Crippen molar-refractivity contribution in [3.05, 3.63) is 35.5 Å². The Bertz CT molecular complexity index is 292. The maximum absolute atomic E-state index is 11.8. The van der Waals surface area contributed by atoms with Crippen LogP contribution in [0.2, 0.25) is 0 Å². The minimum atomic E-state index is 0.0388. The lowest BCUT2D eigenvalue weighted by atomic mass is 10.1. The van der Waals surface area contributed by atoms with Crippen molar-refractivity contribution in [2.45, 2.75) is 41.0 Å². The molecule has 0 aliphatic rings. The summed E-state index contributed by atoms with van der Waals surface area (Å²) in [5.41, 5.74) is 1.85. The van der Waals surface area contributed by atoms with Gasteiger partial charge < -0.3 is 4.90 Å². The number of carbonyl (C=O) groups is 1. The minimum Gasteiger partial charge on any atom is -0.345 e. The fraction of sp³-hybridized carbons (Fsp3) is 0.533. The standard InChI is InChI=1S/C13H21NO.C2H6/c1-6-7-8-9-12(10-11(2)3)13(15)14(4)5;1-2/h7-10H,6H2,1-5H3;1-2H3/b8-7+,12-9+;. The van der Waals surface area contributed by atoms with Gasteiger partial charge in [-0.25, -0.2) is 0 Å². The van der Waals surface area contributed by atoms with Crippen molar-refractivity contribution in [3.63, 3.8) is 0 Å². The molecular formula is C15H27NO. The summed E-state index contributed by atoms with van der Waals surface area (Å²) in [6, 6.07) is 0. The number of rotatable bonds is 4. The lowest BCUT2D eigenvalue weighted by molar-refractivity contribution is -0.124. The molecule has 0 spiro atoms. The first-order chi connectivity index (χ1) is 7.99. The summed E-state index contributed by atoms with van der Waals surface area (Å²) in [6.07, 6.45) is 8.70. The zero-order valence-electron chi connectivity index (χ0n) is 12.4. The van der Waals surface area contributed by atoms with E-state index in [0.29, 0.717) is 0 Å². The smallest absolute Gasteiger partial charge is 0.253 e. The third kappa shape index (κ3) is 9.61.